The number of rotatable bonds is 8. The topological polar surface area (TPSA) is 95.9 Å². The van der Waals surface area contributed by atoms with Crippen molar-refractivity contribution in [1.82, 2.24) is 10.2 Å². The molecular weight excluding hydrogens is 478 g/mol. The molecule has 2 atom stereocenters. The van der Waals surface area contributed by atoms with Gasteiger partial charge in [0.15, 0.2) is 0 Å². The summed E-state index contributed by atoms with van der Waals surface area (Å²) in [7, 11) is 0. The molecular formula is C25H26F2N2O5S. The van der Waals surface area contributed by atoms with Gasteiger partial charge in [0.25, 0.3) is 5.92 Å². The number of fused-ring (bicyclic) bond motifs is 3. The number of nitrogens with zero attached hydrogens (tertiary/aromatic N) is 1. The molecule has 0 aromatic heterocycles. The maximum atomic E-state index is 13.9. The van der Waals surface area contributed by atoms with Gasteiger partial charge in [0, 0.05) is 12.3 Å². The zero-order chi connectivity index (χ0) is 25.2. The predicted molar refractivity (Wildman–Crippen MR) is 128 cm³/mol. The van der Waals surface area contributed by atoms with Crippen molar-refractivity contribution < 1.29 is 33.0 Å². The van der Waals surface area contributed by atoms with Crippen LogP contribution in [-0.2, 0) is 14.3 Å². The number of hydrogen-bond donors (Lipinski definition) is 2. The van der Waals surface area contributed by atoms with Crippen LogP contribution in [0.1, 0.15) is 29.9 Å². The summed E-state index contributed by atoms with van der Waals surface area (Å²) in [6.45, 7) is -0.965. The van der Waals surface area contributed by atoms with Gasteiger partial charge >= 0.3 is 12.1 Å². The molecule has 0 saturated carbocycles. The summed E-state index contributed by atoms with van der Waals surface area (Å²) in [5, 5.41) is 11.8. The predicted octanol–water partition coefficient (Wildman–Crippen LogP) is 3.97. The van der Waals surface area contributed by atoms with E-state index in [1.54, 1.807) is 6.26 Å². The number of carbonyl (C=O) groups excluding carboxylic acids is 2. The van der Waals surface area contributed by atoms with E-state index < -0.39 is 48.9 Å². The van der Waals surface area contributed by atoms with Crippen molar-refractivity contribution in [3.8, 4) is 11.1 Å². The number of ether oxygens (including phenoxy) is 1. The molecule has 7 nitrogen and oxygen atoms in total. The van der Waals surface area contributed by atoms with E-state index in [2.05, 4.69) is 5.32 Å². The van der Waals surface area contributed by atoms with Crippen LogP contribution in [0, 0.1) is 0 Å². The third-order valence-electron chi connectivity index (χ3n) is 6.38. The van der Waals surface area contributed by atoms with Crippen LogP contribution < -0.4 is 5.32 Å². The first-order chi connectivity index (χ1) is 16.7. The number of alkyl halides is 2. The second kappa shape index (κ2) is 10.2. The molecule has 2 amide bonds. The fourth-order valence-corrected chi connectivity index (χ4v) is 5.22. The summed E-state index contributed by atoms with van der Waals surface area (Å²) >= 11 is 1.41. The number of halogens is 2. The molecule has 2 aromatic rings. The molecule has 1 unspecified atom stereocenters. The minimum absolute atomic E-state index is 0.0306. The number of carboxylic acids is 1. The van der Waals surface area contributed by atoms with Crippen molar-refractivity contribution in [2.45, 2.75) is 36.8 Å². The third kappa shape index (κ3) is 5.27. The highest BCUT2D eigenvalue weighted by Crippen LogP contribution is 2.44. The smallest absolute Gasteiger partial charge is 0.407 e. The largest absolute Gasteiger partial charge is 0.480 e. The SMILES string of the molecule is CSCC[C@@H](NC(=O)OCC1c2ccccc2-c2ccccc21)C(=O)N1CC(F)(F)CC1C(=O)O. The van der Waals surface area contributed by atoms with Crippen molar-refractivity contribution >= 4 is 29.7 Å². The molecule has 10 heteroatoms. The van der Waals surface area contributed by atoms with Crippen LogP contribution in [0.2, 0.25) is 0 Å². The van der Waals surface area contributed by atoms with Crippen molar-refractivity contribution in [1.29, 1.82) is 0 Å². The molecule has 1 saturated heterocycles. The van der Waals surface area contributed by atoms with Crippen LogP contribution in [0.15, 0.2) is 48.5 Å². The number of hydrogen-bond acceptors (Lipinski definition) is 5. The number of thioether (sulfide) groups is 1. The monoisotopic (exact) mass is 504 g/mol. The highest BCUT2D eigenvalue weighted by molar-refractivity contribution is 7.98. The van der Waals surface area contributed by atoms with Gasteiger partial charge in [-0.15, -0.1) is 0 Å². The Labute approximate surface area is 205 Å². The van der Waals surface area contributed by atoms with Crippen molar-refractivity contribution in [2.75, 3.05) is 25.2 Å². The molecule has 1 aliphatic carbocycles. The van der Waals surface area contributed by atoms with Gasteiger partial charge in [-0.2, -0.15) is 11.8 Å². The van der Waals surface area contributed by atoms with E-state index in [0.717, 1.165) is 22.3 Å². The Morgan fingerprint density at radius 1 is 1.14 bits per heavy atom. The van der Waals surface area contributed by atoms with Crippen LogP contribution in [0.5, 0.6) is 0 Å². The molecule has 0 spiro atoms. The number of amides is 2. The second-order valence-electron chi connectivity index (χ2n) is 8.68. The standard InChI is InChI=1S/C25H26F2N2O5S/c1-35-11-10-20(22(30)29-14-25(26,27)12-21(29)23(31)32)28-24(33)34-13-19-17-8-4-2-6-15(17)16-7-3-5-9-18(16)19/h2-9,19-21H,10-14H2,1H3,(H,28,33)(H,31,32)/t20-,21?/m1/s1. The van der Waals surface area contributed by atoms with Gasteiger partial charge < -0.3 is 20.1 Å². The lowest BCUT2D eigenvalue weighted by Crippen LogP contribution is -2.52. The fraction of sp³-hybridized carbons (Fsp3) is 0.400. The summed E-state index contributed by atoms with van der Waals surface area (Å²) in [4.78, 5) is 37.8. The maximum Gasteiger partial charge on any atom is 0.407 e. The molecule has 0 radical (unpaired) electrons. The van der Waals surface area contributed by atoms with Gasteiger partial charge in [0.1, 0.15) is 18.7 Å². The highest BCUT2D eigenvalue weighted by Gasteiger charge is 2.51. The lowest BCUT2D eigenvalue weighted by atomic mass is 9.98. The Morgan fingerprint density at radius 3 is 2.31 bits per heavy atom. The average molecular weight is 505 g/mol. The zero-order valence-electron chi connectivity index (χ0n) is 19.1. The first-order valence-electron chi connectivity index (χ1n) is 11.2. The molecule has 1 fully saturated rings. The van der Waals surface area contributed by atoms with E-state index in [0.29, 0.717) is 10.7 Å². The first-order valence-corrected chi connectivity index (χ1v) is 12.6. The van der Waals surface area contributed by atoms with Crippen molar-refractivity contribution in [2.24, 2.45) is 0 Å². The Hall–Kier alpha value is -3.14. The Bertz CT molecular complexity index is 1080. The van der Waals surface area contributed by atoms with Gasteiger partial charge in [-0.3, -0.25) is 4.79 Å². The van der Waals surface area contributed by atoms with Crippen LogP contribution in [0.25, 0.3) is 11.1 Å². The van der Waals surface area contributed by atoms with Crippen LogP contribution in [0.3, 0.4) is 0 Å². The molecule has 4 rings (SSSR count). The second-order valence-corrected chi connectivity index (χ2v) is 9.67. The number of carboxylic acid groups (broad SMARTS) is 1. The number of nitrogens with one attached hydrogen (secondary N) is 1. The lowest BCUT2D eigenvalue weighted by molar-refractivity contribution is -0.149. The van der Waals surface area contributed by atoms with E-state index in [-0.39, 0.29) is 18.9 Å². The molecule has 1 aliphatic heterocycles. The number of likely N-dealkylation sites (tertiary alicyclic amines) is 1. The van der Waals surface area contributed by atoms with E-state index in [1.165, 1.54) is 11.8 Å². The van der Waals surface area contributed by atoms with E-state index in [9.17, 15) is 28.3 Å². The van der Waals surface area contributed by atoms with Crippen LogP contribution >= 0.6 is 11.8 Å². The van der Waals surface area contributed by atoms with Gasteiger partial charge in [0.2, 0.25) is 5.91 Å². The van der Waals surface area contributed by atoms with Crippen molar-refractivity contribution in [3.05, 3.63) is 59.7 Å². The van der Waals surface area contributed by atoms with Crippen LogP contribution in [0.4, 0.5) is 13.6 Å². The molecule has 2 aliphatic rings. The third-order valence-corrected chi connectivity index (χ3v) is 7.03. The Kier molecular flexibility index (Phi) is 7.30. The first kappa shape index (κ1) is 25.0. The number of carbonyl (C=O) groups is 3. The summed E-state index contributed by atoms with van der Waals surface area (Å²) < 4.78 is 33.3. The minimum atomic E-state index is -3.30. The minimum Gasteiger partial charge on any atom is -0.480 e. The average Bonchev–Trinajstić information content (AvgIpc) is 3.34. The van der Waals surface area contributed by atoms with E-state index in [4.69, 9.17) is 4.74 Å². The summed E-state index contributed by atoms with van der Waals surface area (Å²) in [6.07, 6.45) is 0.148. The summed E-state index contributed by atoms with van der Waals surface area (Å²) in [5.41, 5.74) is 4.19. The molecule has 35 heavy (non-hydrogen) atoms. The Morgan fingerprint density at radius 2 is 1.74 bits per heavy atom. The van der Waals surface area contributed by atoms with Gasteiger partial charge in [-0.05, 0) is 40.7 Å². The quantitative estimate of drug-likeness (QED) is 0.565. The number of alkyl carbamates (subject to hydrolysis) is 1. The highest BCUT2D eigenvalue weighted by atomic mass is 32.2. The Balaban J connectivity index is 1.45. The normalized spacial score (nSPS) is 19.1. The molecule has 2 N–H and O–H groups in total. The zero-order valence-corrected chi connectivity index (χ0v) is 19.9. The summed E-state index contributed by atoms with van der Waals surface area (Å²) in [5.74, 6) is -5.37. The summed E-state index contributed by atoms with van der Waals surface area (Å²) in [6, 6.07) is 12.9. The molecule has 186 valence electrons. The van der Waals surface area contributed by atoms with E-state index in [1.807, 2.05) is 48.5 Å². The lowest BCUT2D eigenvalue weighted by Gasteiger charge is -2.27. The molecule has 2 aromatic carbocycles. The van der Waals surface area contributed by atoms with Crippen molar-refractivity contribution in [3.63, 3.8) is 0 Å². The molecule has 0 bridgehead atoms. The van der Waals surface area contributed by atoms with Gasteiger partial charge in [-0.1, -0.05) is 48.5 Å². The fourth-order valence-electron chi connectivity index (χ4n) is 4.74. The number of aliphatic carboxylic acids is 1. The van der Waals surface area contributed by atoms with Gasteiger partial charge in [-0.25, -0.2) is 18.4 Å². The van der Waals surface area contributed by atoms with Crippen LogP contribution in [-0.4, -0.2) is 71.1 Å². The maximum absolute atomic E-state index is 13.9. The number of benzene rings is 2. The van der Waals surface area contributed by atoms with Gasteiger partial charge in [0.05, 0.1) is 6.54 Å². The molecule has 1 heterocycles. The van der Waals surface area contributed by atoms with E-state index >= 15 is 0 Å².